The maximum atomic E-state index is 12.0. The minimum Gasteiger partial charge on any atom is -0.352 e. The van der Waals surface area contributed by atoms with E-state index in [0.717, 1.165) is 10.9 Å². The van der Waals surface area contributed by atoms with Crippen LogP contribution in [0.3, 0.4) is 0 Å². The van der Waals surface area contributed by atoms with Crippen molar-refractivity contribution in [1.29, 1.82) is 0 Å². The Morgan fingerprint density at radius 2 is 1.61 bits per heavy atom. The van der Waals surface area contributed by atoms with Crippen LogP contribution in [0.25, 0.3) is 0 Å². The van der Waals surface area contributed by atoms with Crippen molar-refractivity contribution in [2.75, 3.05) is 6.54 Å². The van der Waals surface area contributed by atoms with Gasteiger partial charge in [-0.2, -0.15) is 0 Å². The van der Waals surface area contributed by atoms with Gasteiger partial charge in [0.2, 0.25) is 5.91 Å². The number of amides is 2. The first-order valence-corrected chi connectivity index (χ1v) is 8.63. The number of nitrogens with one attached hydrogen (secondary N) is 2. The Balaban J connectivity index is 2.39. The summed E-state index contributed by atoms with van der Waals surface area (Å²) in [6.07, 6.45) is 1.16. The molecule has 0 aliphatic carbocycles. The van der Waals surface area contributed by atoms with Gasteiger partial charge in [0.05, 0.1) is 0 Å². The van der Waals surface area contributed by atoms with Crippen molar-refractivity contribution in [2.45, 2.75) is 53.0 Å². The molecule has 0 saturated carbocycles. The second-order valence-electron chi connectivity index (χ2n) is 7.68. The summed E-state index contributed by atoms with van der Waals surface area (Å²) in [6, 6.07) is 7.12. The third-order valence-electron chi connectivity index (χ3n) is 3.19. The maximum Gasteiger partial charge on any atom is 0.251 e. The Labute approximate surface area is 147 Å². The van der Waals surface area contributed by atoms with Gasteiger partial charge in [-0.25, -0.2) is 0 Å². The molecule has 0 saturated heterocycles. The molecular formula is C18H27BrN2O2. The molecule has 0 aromatic heterocycles. The van der Waals surface area contributed by atoms with E-state index in [-0.39, 0.29) is 29.2 Å². The van der Waals surface area contributed by atoms with E-state index in [1.807, 2.05) is 26.0 Å². The van der Waals surface area contributed by atoms with Gasteiger partial charge >= 0.3 is 0 Å². The molecule has 0 atom stereocenters. The van der Waals surface area contributed by atoms with Gasteiger partial charge in [0.1, 0.15) is 0 Å². The molecule has 0 spiro atoms. The Kier molecular flexibility index (Phi) is 6.81. The van der Waals surface area contributed by atoms with Crippen LogP contribution in [-0.4, -0.2) is 23.9 Å². The Hall–Kier alpha value is -1.36. The molecule has 1 aromatic rings. The predicted octanol–water partition coefficient (Wildman–Crippen LogP) is 3.90. The van der Waals surface area contributed by atoms with Crippen molar-refractivity contribution in [3.63, 3.8) is 0 Å². The highest BCUT2D eigenvalue weighted by Crippen LogP contribution is 2.26. The van der Waals surface area contributed by atoms with Crippen molar-refractivity contribution in [2.24, 2.45) is 5.41 Å². The van der Waals surface area contributed by atoms with Crippen molar-refractivity contribution in [1.82, 2.24) is 10.6 Å². The monoisotopic (exact) mass is 382 g/mol. The minimum absolute atomic E-state index is 0.0460. The molecule has 0 heterocycles. The first-order chi connectivity index (χ1) is 10.5. The van der Waals surface area contributed by atoms with Gasteiger partial charge < -0.3 is 10.6 Å². The predicted molar refractivity (Wildman–Crippen MR) is 97.4 cm³/mol. The molecule has 1 rings (SSSR count). The van der Waals surface area contributed by atoms with Crippen LogP contribution in [-0.2, 0) is 4.79 Å². The fourth-order valence-electron chi connectivity index (χ4n) is 2.80. The Bertz CT molecular complexity index is 545. The van der Waals surface area contributed by atoms with Crippen LogP contribution < -0.4 is 10.6 Å². The molecule has 1 aromatic carbocycles. The van der Waals surface area contributed by atoms with E-state index >= 15 is 0 Å². The van der Waals surface area contributed by atoms with Gasteiger partial charge in [-0.05, 0) is 49.9 Å². The molecule has 2 N–H and O–H groups in total. The summed E-state index contributed by atoms with van der Waals surface area (Å²) in [7, 11) is 0. The molecule has 2 amide bonds. The van der Waals surface area contributed by atoms with Crippen LogP contribution in [0.1, 0.15) is 57.8 Å². The SMILES string of the molecule is CC(C)(C)CC(C)(C)NC(=O)CCNC(=O)c1ccc(Br)cc1. The van der Waals surface area contributed by atoms with Crippen LogP contribution in [0.2, 0.25) is 0 Å². The Morgan fingerprint density at radius 1 is 1.04 bits per heavy atom. The molecule has 128 valence electrons. The van der Waals surface area contributed by atoms with Gasteiger partial charge in [0, 0.05) is 28.5 Å². The van der Waals surface area contributed by atoms with Crippen LogP contribution in [0.5, 0.6) is 0 Å². The van der Waals surface area contributed by atoms with E-state index in [9.17, 15) is 9.59 Å². The number of carbonyl (C=O) groups excluding carboxylic acids is 2. The van der Waals surface area contributed by atoms with Crippen LogP contribution >= 0.6 is 15.9 Å². The third kappa shape index (κ3) is 8.16. The Morgan fingerprint density at radius 3 is 2.13 bits per heavy atom. The van der Waals surface area contributed by atoms with Gasteiger partial charge in [0.25, 0.3) is 5.91 Å². The van der Waals surface area contributed by atoms with Crippen molar-refractivity contribution < 1.29 is 9.59 Å². The second kappa shape index (κ2) is 7.95. The zero-order chi connectivity index (χ0) is 17.7. The summed E-state index contributed by atoms with van der Waals surface area (Å²) < 4.78 is 0.925. The fourth-order valence-corrected chi connectivity index (χ4v) is 3.07. The summed E-state index contributed by atoms with van der Waals surface area (Å²) >= 11 is 3.33. The van der Waals surface area contributed by atoms with Gasteiger partial charge in [-0.3, -0.25) is 9.59 Å². The maximum absolute atomic E-state index is 12.0. The van der Waals surface area contributed by atoms with Crippen molar-refractivity contribution >= 4 is 27.7 Å². The molecule has 0 fully saturated rings. The number of carbonyl (C=O) groups is 2. The summed E-state index contributed by atoms with van der Waals surface area (Å²) in [6.45, 7) is 10.8. The van der Waals surface area contributed by atoms with Crippen LogP contribution in [0, 0.1) is 5.41 Å². The minimum atomic E-state index is -0.259. The zero-order valence-electron chi connectivity index (χ0n) is 14.6. The van der Waals surface area contributed by atoms with Crippen LogP contribution in [0.4, 0.5) is 0 Å². The largest absolute Gasteiger partial charge is 0.352 e. The number of benzene rings is 1. The normalized spacial score (nSPS) is 11.9. The average Bonchev–Trinajstić information content (AvgIpc) is 2.35. The molecule has 0 aliphatic heterocycles. The summed E-state index contributed by atoms with van der Waals surface area (Å²) in [5.74, 6) is -0.213. The smallest absolute Gasteiger partial charge is 0.251 e. The van der Waals surface area contributed by atoms with Crippen molar-refractivity contribution in [3.8, 4) is 0 Å². The first-order valence-electron chi connectivity index (χ1n) is 7.83. The fraction of sp³-hybridized carbons (Fsp3) is 0.556. The summed E-state index contributed by atoms with van der Waals surface area (Å²) in [5, 5.41) is 5.81. The average molecular weight is 383 g/mol. The highest BCUT2D eigenvalue weighted by atomic mass is 79.9. The molecule has 0 unspecified atom stereocenters. The second-order valence-corrected chi connectivity index (χ2v) is 8.60. The molecule has 0 radical (unpaired) electrons. The standard InChI is InChI=1S/C18H27BrN2O2/c1-17(2,3)12-18(4,5)21-15(22)10-11-20-16(23)13-6-8-14(19)9-7-13/h6-9H,10-12H2,1-5H3,(H,20,23)(H,21,22). The first kappa shape index (κ1) is 19.7. The molecule has 4 nitrogen and oxygen atoms in total. The number of hydrogen-bond donors (Lipinski definition) is 2. The highest BCUT2D eigenvalue weighted by molar-refractivity contribution is 9.10. The van der Waals surface area contributed by atoms with E-state index in [1.54, 1.807) is 12.1 Å². The molecule has 23 heavy (non-hydrogen) atoms. The third-order valence-corrected chi connectivity index (χ3v) is 3.72. The van der Waals surface area contributed by atoms with Gasteiger partial charge in [0.15, 0.2) is 0 Å². The molecule has 5 heteroatoms. The molecule has 0 bridgehead atoms. The highest BCUT2D eigenvalue weighted by Gasteiger charge is 2.26. The van der Waals surface area contributed by atoms with E-state index in [1.165, 1.54) is 0 Å². The lowest BCUT2D eigenvalue weighted by atomic mass is 9.82. The lowest BCUT2D eigenvalue weighted by molar-refractivity contribution is -0.122. The summed E-state index contributed by atoms with van der Waals surface area (Å²) in [4.78, 5) is 24.0. The van der Waals surface area contributed by atoms with E-state index in [0.29, 0.717) is 12.1 Å². The summed E-state index contributed by atoms with van der Waals surface area (Å²) in [5.41, 5.74) is 0.471. The van der Waals surface area contributed by atoms with Crippen molar-refractivity contribution in [3.05, 3.63) is 34.3 Å². The topological polar surface area (TPSA) is 58.2 Å². The molecule has 0 aliphatic rings. The zero-order valence-corrected chi connectivity index (χ0v) is 16.2. The van der Waals surface area contributed by atoms with E-state index < -0.39 is 0 Å². The lowest BCUT2D eigenvalue weighted by Crippen LogP contribution is -2.46. The van der Waals surface area contributed by atoms with E-state index in [2.05, 4.69) is 47.3 Å². The van der Waals surface area contributed by atoms with Gasteiger partial charge in [-0.15, -0.1) is 0 Å². The van der Waals surface area contributed by atoms with E-state index in [4.69, 9.17) is 0 Å². The quantitative estimate of drug-likeness (QED) is 0.783. The lowest BCUT2D eigenvalue weighted by Gasteiger charge is -2.33. The molecular weight excluding hydrogens is 356 g/mol. The number of halogens is 1. The number of hydrogen-bond acceptors (Lipinski definition) is 2. The van der Waals surface area contributed by atoms with Gasteiger partial charge in [-0.1, -0.05) is 36.7 Å². The van der Waals surface area contributed by atoms with Crippen LogP contribution in [0.15, 0.2) is 28.7 Å². The number of rotatable bonds is 6.